The van der Waals surface area contributed by atoms with Crippen molar-refractivity contribution in [2.75, 3.05) is 11.9 Å². The summed E-state index contributed by atoms with van der Waals surface area (Å²) in [5.74, 6) is -0.0105. The molecular formula is C18H21N3O. The van der Waals surface area contributed by atoms with Crippen LogP contribution in [0.15, 0.2) is 59.7 Å². The largest absolute Gasteiger partial charge is 0.376 e. The number of carbonyl (C=O) groups excluding carboxylic acids is 1. The summed E-state index contributed by atoms with van der Waals surface area (Å²) in [7, 11) is 0. The summed E-state index contributed by atoms with van der Waals surface area (Å²) >= 11 is 0. The first-order chi connectivity index (χ1) is 10.6. The van der Waals surface area contributed by atoms with Crippen LogP contribution in [0.1, 0.15) is 24.0 Å². The lowest BCUT2D eigenvalue weighted by molar-refractivity contribution is -0.119. The topological polar surface area (TPSA) is 53.5 Å². The van der Waals surface area contributed by atoms with Crippen LogP contribution in [0.4, 0.5) is 5.69 Å². The number of anilines is 1. The molecule has 0 radical (unpaired) electrons. The van der Waals surface area contributed by atoms with E-state index in [-0.39, 0.29) is 18.4 Å². The van der Waals surface area contributed by atoms with Gasteiger partial charge in [-0.05, 0) is 24.6 Å². The summed E-state index contributed by atoms with van der Waals surface area (Å²) in [5, 5.41) is 7.06. The van der Waals surface area contributed by atoms with Crippen molar-refractivity contribution in [3.05, 3.63) is 65.7 Å². The second-order valence-corrected chi connectivity index (χ2v) is 5.23. The molecule has 22 heavy (non-hydrogen) atoms. The second-order valence-electron chi connectivity index (χ2n) is 5.23. The highest BCUT2D eigenvalue weighted by Gasteiger charge is 2.02. The van der Waals surface area contributed by atoms with Crippen molar-refractivity contribution < 1.29 is 4.79 Å². The number of hydrogen-bond donors (Lipinski definition) is 2. The Balaban J connectivity index is 1.75. The Morgan fingerprint density at radius 1 is 1.14 bits per heavy atom. The van der Waals surface area contributed by atoms with Gasteiger partial charge in [0.15, 0.2) is 0 Å². The van der Waals surface area contributed by atoms with Crippen molar-refractivity contribution in [3.8, 4) is 0 Å². The second kappa shape index (κ2) is 7.98. The van der Waals surface area contributed by atoms with Gasteiger partial charge in [0.1, 0.15) is 0 Å². The summed E-state index contributed by atoms with van der Waals surface area (Å²) in [6.45, 7) is 4.26. The maximum absolute atomic E-state index is 11.7. The molecule has 0 aromatic heterocycles. The molecule has 1 amide bonds. The van der Waals surface area contributed by atoms with Crippen molar-refractivity contribution in [1.29, 1.82) is 0 Å². The van der Waals surface area contributed by atoms with Gasteiger partial charge in [0, 0.05) is 17.8 Å². The van der Waals surface area contributed by atoms with Crippen molar-refractivity contribution in [3.63, 3.8) is 0 Å². The molecule has 2 N–H and O–H groups in total. The molecule has 2 rings (SSSR count). The van der Waals surface area contributed by atoms with Crippen LogP contribution in [-0.2, 0) is 4.79 Å². The van der Waals surface area contributed by atoms with Crippen LogP contribution < -0.4 is 10.7 Å². The van der Waals surface area contributed by atoms with Gasteiger partial charge in [-0.2, -0.15) is 5.10 Å². The number of hydrogen-bond acceptors (Lipinski definition) is 3. The zero-order valence-electron chi connectivity index (χ0n) is 12.9. The van der Waals surface area contributed by atoms with Gasteiger partial charge in [-0.15, -0.1) is 0 Å². The van der Waals surface area contributed by atoms with Crippen molar-refractivity contribution >= 4 is 17.8 Å². The van der Waals surface area contributed by atoms with Crippen LogP contribution in [0, 0.1) is 6.92 Å². The Kier molecular flexibility index (Phi) is 5.72. The number of aryl methyl sites for hydroxylation is 1. The molecule has 0 aliphatic heterocycles. The average Bonchev–Trinajstić information content (AvgIpc) is 2.55. The molecule has 0 spiro atoms. The monoisotopic (exact) mass is 295 g/mol. The zero-order chi connectivity index (χ0) is 15.8. The van der Waals surface area contributed by atoms with E-state index >= 15 is 0 Å². The molecule has 0 aliphatic carbocycles. The predicted molar refractivity (Wildman–Crippen MR) is 91.2 cm³/mol. The average molecular weight is 295 g/mol. The fourth-order valence-corrected chi connectivity index (χ4v) is 1.96. The van der Waals surface area contributed by atoms with E-state index in [1.807, 2.05) is 68.4 Å². The minimum Gasteiger partial charge on any atom is -0.376 e. The minimum absolute atomic E-state index is 0.159. The highest BCUT2D eigenvalue weighted by Crippen LogP contribution is 2.11. The van der Waals surface area contributed by atoms with Crippen molar-refractivity contribution in [1.82, 2.24) is 5.43 Å². The summed E-state index contributed by atoms with van der Waals surface area (Å²) in [4.78, 5) is 11.7. The Morgan fingerprint density at radius 3 is 2.50 bits per heavy atom. The molecule has 0 saturated carbocycles. The van der Waals surface area contributed by atoms with Crippen molar-refractivity contribution in [2.45, 2.75) is 19.8 Å². The van der Waals surface area contributed by atoms with Gasteiger partial charge < -0.3 is 5.32 Å². The van der Waals surface area contributed by atoms with Gasteiger partial charge in [-0.25, -0.2) is 5.43 Å². The highest BCUT2D eigenvalue weighted by atomic mass is 16.2. The van der Waals surface area contributed by atoms with Gasteiger partial charge in [-0.3, -0.25) is 4.79 Å². The molecule has 0 fully saturated rings. The normalized spacial score (nSPS) is 12.1. The Hall–Kier alpha value is -2.62. The van der Waals surface area contributed by atoms with Gasteiger partial charge in [0.05, 0.1) is 6.54 Å². The number of hydrazone groups is 1. The third kappa shape index (κ3) is 5.05. The summed E-state index contributed by atoms with van der Waals surface area (Å²) in [6, 6.07) is 17.9. The molecule has 4 heteroatoms. The molecule has 0 bridgehead atoms. The Bertz CT molecular complexity index is 621. The molecule has 114 valence electrons. The molecule has 4 nitrogen and oxygen atoms in total. The zero-order valence-corrected chi connectivity index (χ0v) is 12.9. The fraction of sp³-hybridized carbons (Fsp3) is 0.222. The lowest BCUT2D eigenvalue weighted by Crippen LogP contribution is -2.26. The maximum Gasteiger partial charge on any atom is 0.259 e. The van der Waals surface area contributed by atoms with E-state index < -0.39 is 0 Å². The van der Waals surface area contributed by atoms with Crippen LogP contribution in [0.5, 0.6) is 0 Å². The summed E-state index contributed by atoms with van der Waals surface area (Å²) < 4.78 is 0. The Morgan fingerprint density at radius 2 is 1.82 bits per heavy atom. The first kappa shape index (κ1) is 15.8. The number of nitrogens with one attached hydrogen (secondary N) is 2. The fourth-order valence-electron chi connectivity index (χ4n) is 1.96. The van der Waals surface area contributed by atoms with E-state index in [0.717, 1.165) is 5.69 Å². The number of carbonyl (C=O) groups is 1. The quantitative estimate of drug-likeness (QED) is 0.634. The van der Waals surface area contributed by atoms with Gasteiger partial charge in [-0.1, -0.05) is 55.0 Å². The van der Waals surface area contributed by atoms with Gasteiger partial charge in [0.25, 0.3) is 5.91 Å². The lowest BCUT2D eigenvalue weighted by Gasteiger charge is -2.07. The van der Waals surface area contributed by atoms with Gasteiger partial charge in [0.2, 0.25) is 0 Å². The van der Waals surface area contributed by atoms with Gasteiger partial charge >= 0.3 is 0 Å². The van der Waals surface area contributed by atoms with E-state index in [0.29, 0.717) is 0 Å². The third-order valence-corrected chi connectivity index (χ3v) is 3.32. The summed E-state index contributed by atoms with van der Waals surface area (Å²) in [5.41, 5.74) is 5.81. The van der Waals surface area contributed by atoms with Crippen molar-refractivity contribution in [2.24, 2.45) is 5.10 Å². The van der Waals surface area contributed by atoms with E-state index in [4.69, 9.17) is 0 Å². The number of nitrogens with zero attached hydrogens (tertiary/aromatic N) is 1. The maximum atomic E-state index is 11.7. The van der Waals surface area contributed by atoms with Crippen LogP contribution in [0.2, 0.25) is 0 Å². The van der Waals surface area contributed by atoms with E-state index in [9.17, 15) is 4.79 Å². The Labute approximate surface area is 131 Å². The molecule has 0 heterocycles. The molecule has 1 atom stereocenters. The lowest BCUT2D eigenvalue weighted by atomic mass is 10.0. The molecule has 0 saturated heterocycles. The van der Waals surface area contributed by atoms with Crippen LogP contribution in [-0.4, -0.2) is 18.7 Å². The van der Waals surface area contributed by atoms with Crippen LogP contribution in [0.25, 0.3) is 0 Å². The minimum atomic E-state index is -0.169. The number of benzene rings is 2. The molecule has 2 aromatic rings. The standard InChI is InChI=1S/C18H21N3O/c1-14-8-10-17(11-9-14)19-13-18(22)21-20-12-15(2)16-6-4-3-5-7-16/h3-12,15,19H,13H2,1-2H3,(H,21,22)/b20-12+. The molecule has 0 aliphatic rings. The van der Waals surface area contributed by atoms with Crippen LogP contribution in [0.3, 0.4) is 0 Å². The predicted octanol–water partition coefficient (Wildman–Crippen LogP) is 3.31. The molecular weight excluding hydrogens is 274 g/mol. The third-order valence-electron chi connectivity index (χ3n) is 3.32. The van der Waals surface area contributed by atoms with Crippen LogP contribution >= 0.6 is 0 Å². The first-order valence-corrected chi connectivity index (χ1v) is 7.32. The highest BCUT2D eigenvalue weighted by molar-refractivity contribution is 5.81. The number of rotatable bonds is 6. The molecule has 2 aromatic carbocycles. The number of amides is 1. The molecule has 1 unspecified atom stereocenters. The van der Waals surface area contributed by atoms with E-state index in [2.05, 4.69) is 15.8 Å². The SMILES string of the molecule is Cc1ccc(NCC(=O)N/N=C/C(C)c2ccccc2)cc1. The smallest absolute Gasteiger partial charge is 0.259 e. The summed E-state index contributed by atoms with van der Waals surface area (Å²) in [6.07, 6.45) is 1.74. The van der Waals surface area contributed by atoms with E-state index in [1.54, 1.807) is 6.21 Å². The first-order valence-electron chi connectivity index (χ1n) is 7.32. The van der Waals surface area contributed by atoms with E-state index in [1.165, 1.54) is 11.1 Å².